The molecule has 84 valence electrons. The zero-order valence-electron chi connectivity index (χ0n) is 9.16. The van der Waals surface area contributed by atoms with Crippen LogP contribution < -0.4 is 5.32 Å². The molecule has 0 aliphatic rings. The van der Waals surface area contributed by atoms with Gasteiger partial charge in [0.05, 0.1) is 0 Å². The van der Waals surface area contributed by atoms with Gasteiger partial charge in [-0.25, -0.2) is 4.39 Å². The van der Waals surface area contributed by atoms with Crippen LogP contribution in [0.2, 0.25) is 0 Å². The van der Waals surface area contributed by atoms with E-state index in [4.69, 9.17) is 0 Å². The first-order valence-electron chi connectivity index (χ1n) is 5.22. The third-order valence-corrected chi connectivity index (χ3v) is 3.19. The lowest BCUT2D eigenvalue weighted by atomic mass is 10.1. The van der Waals surface area contributed by atoms with Gasteiger partial charge >= 0.3 is 0 Å². The predicted octanol–water partition coefficient (Wildman–Crippen LogP) is 3.49. The summed E-state index contributed by atoms with van der Waals surface area (Å²) >= 11 is 1.70. The van der Waals surface area contributed by atoms with Crippen LogP contribution in [0.15, 0.2) is 35.0 Å². The molecule has 1 nitrogen and oxygen atoms in total. The molecular weight excluding hydrogens is 221 g/mol. The topological polar surface area (TPSA) is 12.0 Å². The van der Waals surface area contributed by atoms with Crippen LogP contribution >= 0.6 is 11.3 Å². The Kier molecular flexibility index (Phi) is 3.70. The van der Waals surface area contributed by atoms with E-state index in [9.17, 15) is 4.39 Å². The number of benzene rings is 1. The number of halogens is 1. The maximum absolute atomic E-state index is 13.0. The summed E-state index contributed by atoms with van der Waals surface area (Å²) in [4.78, 5) is 0. The van der Waals surface area contributed by atoms with Crippen molar-refractivity contribution in [2.24, 2.45) is 0 Å². The second kappa shape index (κ2) is 5.23. The number of hydrogen-bond acceptors (Lipinski definition) is 2. The molecule has 2 aromatic rings. The number of thiophene rings is 1. The van der Waals surface area contributed by atoms with Gasteiger partial charge in [-0.05, 0) is 46.5 Å². The summed E-state index contributed by atoms with van der Waals surface area (Å²) in [6, 6.07) is 7.34. The van der Waals surface area contributed by atoms with Crippen molar-refractivity contribution in [1.29, 1.82) is 0 Å². The van der Waals surface area contributed by atoms with Crippen LogP contribution in [-0.4, -0.2) is 0 Å². The molecule has 0 aliphatic carbocycles. The molecule has 0 bridgehead atoms. The Labute approximate surface area is 98.9 Å². The molecule has 0 atom stereocenters. The minimum Gasteiger partial charge on any atom is -0.309 e. The number of hydrogen-bond donors (Lipinski definition) is 1. The Balaban J connectivity index is 1.87. The van der Waals surface area contributed by atoms with Gasteiger partial charge in [0, 0.05) is 13.1 Å². The van der Waals surface area contributed by atoms with E-state index in [1.54, 1.807) is 18.3 Å². The molecule has 1 N–H and O–H groups in total. The Bertz CT molecular complexity index is 451. The van der Waals surface area contributed by atoms with Gasteiger partial charge in [-0.15, -0.1) is 0 Å². The van der Waals surface area contributed by atoms with E-state index in [1.807, 2.05) is 12.1 Å². The first kappa shape index (κ1) is 11.3. The minimum absolute atomic E-state index is 0.137. The summed E-state index contributed by atoms with van der Waals surface area (Å²) in [5.74, 6) is -0.137. The fraction of sp³-hybridized carbons (Fsp3) is 0.231. The average Bonchev–Trinajstić information content (AvgIpc) is 2.76. The second-order valence-electron chi connectivity index (χ2n) is 3.82. The smallest absolute Gasteiger partial charge is 0.126 e. The molecule has 0 saturated carbocycles. The molecule has 0 amide bonds. The van der Waals surface area contributed by atoms with Crippen molar-refractivity contribution in [2.75, 3.05) is 0 Å². The molecule has 0 aliphatic heterocycles. The van der Waals surface area contributed by atoms with Crippen LogP contribution in [0.4, 0.5) is 4.39 Å². The monoisotopic (exact) mass is 235 g/mol. The molecular formula is C13H14FNS. The van der Waals surface area contributed by atoms with Gasteiger partial charge < -0.3 is 5.32 Å². The van der Waals surface area contributed by atoms with Gasteiger partial charge in [-0.3, -0.25) is 0 Å². The van der Waals surface area contributed by atoms with E-state index in [2.05, 4.69) is 22.1 Å². The summed E-state index contributed by atoms with van der Waals surface area (Å²) in [5, 5.41) is 7.53. The molecule has 1 aromatic carbocycles. The lowest BCUT2D eigenvalue weighted by molar-refractivity contribution is 0.615. The molecule has 2 rings (SSSR count). The van der Waals surface area contributed by atoms with Gasteiger partial charge in [-0.2, -0.15) is 11.3 Å². The van der Waals surface area contributed by atoms with Gasteiger partial charge in [0.2, 0.25) is 0 Å². The Hall–Kier alpha value is -1.19. The fourth-order valence-corrected chi connectivity index (χ4v) is 2.23. The summed E-state index contributed by atoms with van der Waals surface area (Å²) in [7, 11) is 0. The SMILES string of the molecule is Cc1cc(CNCc2ccsc2)ccc1F. The van der Waals surface area contributed by atoms with Crippen LogP contribution in [0.5, 0.6) is 0 Å². The van der Waals surface area contributed by atoms with Crippen LogP contribution in [0.3, 0.4) is 0 Å². The largest absolute Gasteiger partial charge is 0.309 e. The van der Waals surface area contributed by atoms with Crippen molar-refractivity contribution in [3.05, 3.63) is 57.5 Å². The van der Waals surface area contributed by atoms with Crippen molar-refractivity contribution in [3.8, 4) is 0 Å². The Morgan fingerprint density at radius 3 is 2.69 bits per heavy atom. The second-order valence-corrected chi connectivity index (χ2v) is 4.60. The van der Waals surface area contributed by atoms with Crippen molar-refractivity contribution < 1.29 is 4.39 Å². The van der Waals surface area contributed by atoms with E-state index < -0.39 is 0 Å². The van der Waals surface area contributed by atoms with Gasteiger partial charge in [0.1, 0.15) is 5.82 Å². The number of rotatable bonds is 4. The van der Waals surface area contributed by atoms with E-state index >= 15 is 0 Å². The summed E-state index contributed by atoms with van der Waals surface area (Å²) < 4.78 is 13.0. The summed E-state index contributed by atoms with van der Waals surface area (Å²) in [6.07, 6.45) is 0. The Morgan fingerprint density at radius 2 is 2.00 bits per heavy atom. The molecule has 0 fully saturated rings. The highest BCUT2D eigenvalue weighted by molar-refractivity contribution is 7.07. The van der Waals surface area contributed by atoms with Crippen molar-refractivity contribution in [2.45, 2.75) is 20.0 Å². The molecule has 0 saturated heterocycles. The first-order chi connectivity index (χ1) is 7.75. The van der Waals surface area contributed by atoms with Crippen molar-refractivity contribution in [1.82, 2.24) is 5.32 Å². The predicted molar refractivity (Wildman–Crippen MR) is 66.0 cm³/mol. The van der Waals surface area contributed by atoms with Gasteiger partial charge in [-0.1, -0.05) is 12.1 Å². The van der Waals surface area contributed by atoms with Crippen LogP contribution in [0.1, 0.15) is 16.7 Å². The van der Waals surface area contributed by atoms with Gasteiger partial charge in [0.25, 0.3) is 0 Å². The van der Waals surface area contributed by atoms with E-state index in [0.717, 1.165) is 18.7 Å². The van der Waals surface area contributed by atoms with Crippen LogP contribution in [0.25, 0.3) is 0 Å². The zero-order valence-corrected chi connectivity index (χ0v) is 9.98. The lowest BCUT2D eigenvalue weighted by Crippen LogP contribution is -2.12. The van der Waals surface area contributed by atoms with Crippen molar-refractivity contribution >= 4 is 11.3 Å². The van der Waals surface area contributed by atoms with Crippen molar-refractivity contribution in [3.63, 3.8) is 0 Å². The summed E-state index contributed by atoms with van der Waals surface area (Å²) in [6.45, 7) is 3.43. The normalized spacial score (nSPS) is 10.6. The quantitative estimate of drug-likeness (QED) is 0.855. The minimum atomic E-state index is -0.137. The van der Waals surface area contributed by atoms with E-state index in [1.165, 1.54) is 11.6 Å². The molecule has 1 heterocycles. The molecule has 0 spiro atoms. The van der Waals surface area contributed by atoms with Crippen LogP contribution in [-0.2, 0) is 13.1 Å². The maximum Gasteiger partial charge on any atom is 0.126 e. The third kappa shape index (κ3) is 2.90. The highest BCUT2D eigenvalue weighted by atomic mass is 32.1. The van der Waals surface area contributed by atoms with Gasteiger partial charge in [0.15, 0.2) is 0 Å². The average molecular weight is 235 g/mol. The highest BCUT2D eigenvalue weighted by Gasteiger charge is 1.99. The zero-order chi connectivity index (χ0) is 11.4. The first-order valence-corrected chi connectivity index (χ1v) is 6.17. The molecule has 0 radical (unpaired) electrons. The highest BCUT2D eigenvalue weighted by Crippen LogP contribution is 2.10. The summed E-state index contributed by atoms with van der Waals surface area (Å²) in [5.41, 5.74) is 3.12. The molecule has 0 unspecified atom stereocenters. The maximum atomic E-state index is 13.0. The molecule has 3 heteroatoms. The molecule has 1 aromatic heterocycles. The van der Waals surface area contributed by atoms with E-state index in [0.29, 0.717) is 5.56 Å². The van der Waals surface area contributed by atoms with Crippen LogP contribution in [0, 0.1) is 12.7 Å². The molecule has 16 heavy (non-hydrogen) atoms. The standard InChI is InChI=1S/C13H14FNS/c1-10-6-11(2-3-13(10)14)7-15-8-12-4-5-16-9-12/h2-6,9,15H,7-8H2,1H3. The van der Waals surface area contributed by atoms with E-state index in [-0.39, 0.29) is 5.82 Å². The fourth-order valence-electron chi connectivity index (χ4n) is 1.56. The lowest BCUT2D eigenvalue weighted by Gasteiger charge is -2.05. The Morgan fingerprint density at radius 1 is 1.19 bits per heavy atom. The number of aryl methyl sites for hydroxylation is 1. The third-order valence-electron chi connectivity index (χ3n) is 2.46. The number of nitrogens with one attached hydrogen (secondary N) is 1.